The first-order valence-electron chi connectivity index (χ1n) is 6.40. The van der Waals surface area contributed by atoms with Gasteiger partial charge in [-0.05, 0) is 12.1 Å². The summed E-state index contributed by atoms with van der Waals surface area (Å²) in [5, 5.41) is 7.75. The van der Waals surface area contributed by atoms with Crippen molar-refractivity contribution in [1.29, 1.82) is 0 Å². The molecule has 1 fully saturated rings. The molecule has 2 rings (SSSR count). The monoisotopic (exact) mass is 304 g/mol. The van der Waals surface area contributed by atoms with Crippen LogP contribution in [0, 0.1) is 0 Å². The van der Waals surface area contributed by atoms with E-state index in [0.29, 0.717) is 26.2 Å². The van der Waals surface area contributed by atoms with Crippen LogP contribution in [0.15, 0.2) is 18.3 Å². The normalized spacial score (nSPS) is 16.1. The van der Waals surface area contributed by atoms with Crippen LogP contribution in [0.25, 0.3) is 0 Å². The van der Waals surface area contributed by atoms with Crippen LogP contribution in [-0.4, -0.2) is 66.6 Å². The van der Waals surface area contributed by atoms with E-state index < -0.39 is 25.3 Å². The maximum Gasteiger partial charge on any atom is 0.411 e. The number of aromatic nitrogens is 2. The summed E-state index contributed by atoms with van der Waals surface area (Å²) < 4.78 is 40.1. The summed E-state index contributed by atoms with van der Waals surface area (Å²) in [7, 11) is 0. The quantitative estimate of drug-likeness (QED) is 0.820. The molecule has 2 heterocycles. The third-order valence-electron chi connectivity index (χ3n) is 3.01. The smallest absolute Gasteiger partial charge is 0.362 e. The molecule has 1 saturated heterocycles. The van der Waals surface area contributed by atoms with Gasteiger partial charge in [-0.3, -0.25) is 4.79 Å². The number of halogens is 3. The molecule has 1 aromatic rings. The molecule has 0 aliphatic carbocycles. The second-order valence-corrected chi connectivity index (χ2v) is 4.56. The Kier molecular flexibility index (Phi) is 4.94. The summed E-state index contributed by atoms with van der Waals surface area (Å²) in [5.41, 5.74) is 0. The molecule has 116 valence electrons. The van der Waals surface area contributed by atoms with Crippen LogP contribution in [0.5, 0.6) is 0 Å². The number of anilines is 1. The van der Waals surface area contributed by atoms with Crippen LogP contribution >= 0.6 is 0 Å². The number of carbonyl (C=O) groups excluding carboxylic acids is 1. The standard InChI is InChI=1S/C12H15F3N4O2/c13-12(14,15)9-21-8-11(20)19-6-4-18(5-7-19)10-2-1-3-16-17-10/h1-3H,4-9H2. The van der Waals surface area contributed by atoms with Crippen LogP contribution in [0.2, 0.25) is 0 Å². The Morgan fingerprint density at radius 2 is 2.00 bits per heavy atom. The van der Waals surface area contributed by atoms with Gasteiger partial charge in [0.05, 0.1) is 0 Å². The molecule has 1 aromatic heterocycles. The molecule has 6 nitrogen and oxygen atoms in total. The molecule has 1 amide bonds. The van der Waals surface area contributed by atoms with Crippen molar-refractivity contribution in [3.8, 4) is 0 Å². The zero-order chi connectivity index (χ0) is 15.3. The number of alkyl halides is 3. The van der Waals surface area contributed by atoms with Crippen molar-refractivity contribution in [2.24, 2.45) is 0 Å². The Labute approximate surface area is 119 Å². The van der Waals surface area contributed by atoms with E-state index in [4.69, 9.17) is 0 Å². The fourth-order valence-electron chi connectivity index (χ4n) is 1.99. The average molecular weight is 304 g/mol. The molecule has 9 heteroatoms. The molecule has 1 aliphatic rings. The highest BCUT2D eigenvalue weighted by Gasteiger charge is 2.29. The highest BCUT2D eigenvalue weighted by Crippen LogP contribution is 2.15. The lowest BCUT2D eigenvalue weighted by atomic mass is 10.3. The second-order valence-electron chi connectivity index (χ2n) is 4.56. The van der Waals surface area contributed by atoms with Gasteiger partial charge in [0.1, 0.15) is 13.2 Å². The maximum atomic E-state index is 11.9. The van der Waals surface area contributed by atoms with E-state index in [2.05, 4.69) is 14.9 Å². The van der Waals surface area contributed by atoms with Gasteiger partial charge >= 0.3 is 6.18 Å². The molecular formula is C12H15F3N4O2. The van der Waals surface area contributed by atoms with Crippen LogP contribution < -0.4 is 4.90 Å². The molecule has 0 radical (unpaired) electrons. The van der Waals surface area contributed by atoms with Gasteiger partial charge in [0.2, 0.25) is 5.91 Å². The van der Waals surface area contributed by atoms with Gasteiger partial charge in [0, 0.05) is 32.4 Å². The summed E-state index contributed by atoms with van der Waals surface area (Å²) in [5.74, 6) is 0.288. The minimum atomic E-state index is -4.41. The number of piperazine rings is 1. The van der Waals surface area contributed by atoms with Gasteiger partial charge in [0.25, 0.3) is 0 Å². The van der Waals surface area contributed by atoms with E-state index in [-0.39, 0.29) is 0 Å². The first-order chi connectivity index (χ1) is 9.96. The molecule has 0 spiro atoms. The highest BCUT2D eigenvalue weighted by molar-refractivity contribution is 5.77. The number of ether oxygens (including phenoxy) is 1. The van der Waals surface area contributed by atoms with E-state index >= 15 is 0 Å². The number of amides is 1. The molecule has 0 N–H and O–H groups in total. The molecule has 0 saturated carbocycles. The van der Waals surface area contributed by atoms with Gasteiger partial charge < -0.3 is 14.5 Å². The fraction of sp³-hybridized carbons (Fsp3) is 0.583. The first kappa shape index (κ1) is 15.5. The molecule has 0 unspecified atom stereocenters. The van der Waals surface area contributed by atoms with Crippen LogP contribution in [0.1, 0.15) is 0 Å². The van der Waals surface area contributed by atoms with Crippen molar-refractivity contribution < 1.29 is 22.7 Å². The molecule has 21 heavy (non-hydrogen) atoms. The van der Waals surface area contributed by atoms with Crippen molar-refractivity contribution in [3.63, 3.8) is 0 Å². The SMILES string of the molecule is O=C(COCC(F)(F)F)N1CCN(c2cccnn2)CC1. The minimum absolute atomic E-state index is 0.421. The zero-order valence-electron chi connectivity index (χ0n) is 11.2. The maximum absolute atomic E-state index is 11.9. The van der Waals surface area contributed by atoms with E-state index in [1.807, 2.05) is 11.0 Å². The van der Waals surface area contributed by atoms with Gasteiger partial charge in [-0.25, -0.2) is 0 Å². The summed E-state index contributed by atoms with van der Waals surface area (Å²) in [6.45, 7) is 0.00589. The Morgan fingerprint density at radius 3 is 2.57 bits per heavy atom. The van der Waals surface area contributed by atoms with Gasteiger partial charge in [-0.15, -0.1) is 5.10 Å². The van der Waals surface area contributed by atoms with Crippen LogP contribution in [0.4, 0.5) is 19.0 Å². The van der Waals surface area contributed by atoms with Gasteiger partial charge in [-0.2, -0.15) is 18.3 Å². The summed E-state index contributed by atoms with van der Waals surface area (Å²) in [6, 6.07) is 3.59. The van der Waals surface area contributed by atoms with Crippen molar-refractivity contribution in [1.82, 2.24) is 15.1 Å². The fourth-order valence-corrected chi connectivity index (χ4v) is 1.99. The van der Waals surface area contributed by atoms with E-state index in [1.54, 1.807) is 12.3 Å². The highest BCUT2D eigenvalue weighted by atomic mass is 19.4. The Hall–Kier alpha value is -1.90. The minimum Gasteiger partial charge on any atom is -0.362 e. The summed E-state index contributed by atoms with van der Waals surface area (Å²) >= 11 is 0. The lowest BCUT2D eigenvalue weighted by molar-refractivity contribution is -0.177. The largest absolute Gasteiger partial charge is 0.411 e. The third kappa shape index (κ3) is 4.85. The average Bonchev–Trinajstić information content (AvgIpc) is 2.47. The van der Waals surface area contributed by atoms with Gasteiger partial charge in [-0.1, -0.05) is 0 Å². The predicted molar refractivity (Wildman–Crippen MR) is 67.7 cm³/mol. The van der Waals surface area contributed by atoms with Crippen LogP contribution in [-0.2, 0) is 9.53 Å². The number of nitrogens with zero attached hydrogens (tertiary/aromatic N) is 4. The number of rotatable bonds is 4. The topological polar surface area (TPSA) is 58.6 Å². The molecular weight excluding hydrogens is 289 g/mol. The zero-order valence-corrected chi connectivity index (χ0v) is 11.2. The molecule has 1 aliphatic heterocycles. The van der Waals surface area contributed by atoms with E-state index in [1.165, 1.54) is 4.90 Å². The van der Waals surface area contributed by atoms with E-state index in [0.717, 1.165) is 5.82 Å². The van der Waals surface area contributed by atoms with Crippen molar-refractivity contribution in [3.05, 3.63) is 18.3 Å². The summed E-state index contributed by atoms with van der Waals surface area (Å²) in [6.07, 6.45) is -2.84. The van der Waals surface area contributed by atoms with Crippen molar-refractivity contribution in [2.45, 2.75) is 6.18 Å². The van der Waals surface area contributed by atoms with Gasteiger partial charge in [0.15, 0.2) is 5.82 Å². The van der Waals surface area contributed by atoms with Crippen molar-refractivity contribution in [2.75, 3.05) is 44.3 Å². The number of hydrogen-bond donors (Lipinski definition) is 0. The van der Waals surface area contributed by atoms with Crippen molar-refractivity contribution >= 4 is 11.7 Å². The Morgan fingerprint density at radius 1 is 1.29 bits per heavy atom. The molecule has 0 bridgehead atoms. The number of carbonyl (C=O) groups is 1. The Balaban J connectivity index is 1.75. The number of hydrogen-bond acceptors (Lipinski definition) is 5. The molecule has 0 aromatic carbocycles. The Bertz CT molecular complexity index is 461. The lowest BCUT2D eigenvalue weighted by Gasteiger charge is -2.35. The lowest BCUT2D eigenvalue weighted by Crippen LogP contribution is -2.50. The molecule has 0 atom stereocenters. The second kappa shape index (κ2) is 6.70. The third-order valence-corrected chi connectivity index (χ3v) is 3.01. The predicted octanol–water partition coefficient (Wildman–Crippen LogP) is 0.704. The van der Waals surface area contributed by atoms with E-state index in [9.17, 15) is 18.0 Å². The first-order valence-corrected chi connectivity index (χ1v) is 6.40. The van der Waals surface area contributed by atoms with Crippen LogP contribution in [0.3, 0.4) is 0 Å². The summed E-state index contributed by atoms with van der Waals surface area (Å²) in [4.78, 5) is 15.2.